The molecule has 0 aromatic rings. The molecule has 2 saturated carbocycles. The first-order chi connectivity index (χ1) is 11.2. The Balaban J connectivity index is 1.53. The minimum atomic E-state index is -0.541. The maximum absolute atomic E-state index is 12.5. The Kier molecular flexibility index (Phi) is 4.00. The van der Waals surface area contributed by atoms with E-state index in [4.69, 9.17) is 9.47 Å². The molecule has 2 saturated heterocycles. The number of fused-ring (bicyclic) bond motifs is 1. The molecule has 2 bridgehead atoms. The van der Waals surface area contributed by atoms with Crippen molar-refractivity contribution in [3.63, 3.8) is 0 Å². The van der Waals surface area contributed by atoms with E-state index in [1.807, 2.05) is 20.8 Å². The van der Waals surface area contributed by atoms with Gasteiger partial charge in [0.1, 0.15) is 5.60 Å². The summed E-state index contributed by atoms with van der Waals surface area (Å²) in [4.78, 5) is 38.1. The van der Waals surface area contributed by atoms with Gasteiger partial charge in [-0.05, 0) is 46.0 Å². The van der Waals surface area contributed by atoms with Crippen molar-refractivity contribution >= 4 is 18.0 Å². The fourth-order valence-corrected chi connectivity index (χ4v) is 3.73. The third kappa shape index (κ3) is 2.96. The summed E-state index contributed by atoms with van der Waals surface area (Å²) in [7, 11) is 1.37. The van der Waals surface area contributed by atoms with Gasteiger partial charge in [0.2, 0.25) is 5.91 Å². The molecule has 4 rings (SSSR count). The highest BCUT2D eigenvalue weighted by Crippen LogP contribution is 2.48. The summed E-state index contributed by atoms with van der Waals surface area (Å²) in [6.45, 7) is 6.38. The number of hydrogen-bond acceptors (Lipinski definition) is 5. The van der Waals surface area contributed by atoms with E-state index in [9.17, 15) is 14.4 Å². The van der Waals surface area contributed by atoms with Gasteiger partial charge in [-0.15, -0.1) is 0 Å². The number of hydrogen-bond donors (Lipinski definition) is 1. The summed E-state index contributed by atoms with van der Waals surface area (Å²) >= 11 is 0. The largest absolute Gasteiger partial charge is 0.469 e. The van der Waals surface area contributed by atoms with Gasteiger partial charge in [-0.3, -0.25) is 9.59 Å². The average molecular weight is 338 g/mol. The Morgan fingerprint density at radius 1 is 1.25 bits per heavy atom. The minimum absolute atomic E-state index is 0.0718. The third-order valence-electron chi connectivity index (χ3n) is 5.30. The van der Waals surface area contributed by atoms with Crippen LogP contribution in [0.15, 0.2) is 0 Å². The van der Waals surface area contributed by atoms with Crippen LogP contribution < -0.4 is 5.32 Å². The summed E-state index contributed by atoms with van der Waals surface area (Å²) in [5, 5.41) is 2.89. The summed E-state index contributed by atoms with van der Waals surface area (Å²) in [6, 6.07) is -0.0851. The zero-order valence-electron chi connectivity index (χ0n) is 14.8. The Bertz CT molecular complexity index is 564. The molecule has 3 atom stereocenters. The van der Waals surface area contributed by atoms with Crippen LogP contribution in [0.3, 0.4) is 0 Å². The molecule has 0 aromatic heterocycles. The second-order valence-electron chi connectivity index (χ2n) is 8.21. The topological polar surface area (TPSA) is 84.9 Å². The second-order valence-corrected chi connectivity index (χ2v) is 8.21. The second kappa shape index (κ2) is 5.63. The van der Waals surface area contributed by atoms with E-state index in [1.54, 1.807) is 4.90 Å². The van der Waals surface area contributed by atoms with Crippen LogP contribution >= 0.6 is 0 Å². The first-order valence-electron chi connectivity index (χ1n) is 8.53. The van der Waals surface area contributed by atoms with E-state index in [-0.39, 0.29) is 35.8 Å². The van der Waals surface area contributed by atoms with Crippen LogP contribution in [0.1, 0.15) is 40.0 Å². The number of nitrogens with zero attached hydrogens (tertiary/aromatic N) is 1. The highest BCUT2D eigenvalue weighted by atomic mass is 16.6. The average Bonchev–Trinajstić information content (AvgIpc) is 2.98. The van der Waals surface area contributed by atoms with E-state index in [0.717, 1.165) is 19.3 Å². The lowest BCUT2D eigenvalue weighted by molar-refractivity contribution is -0.147. The summed E-state index contributed by atoms with van der Waals surface area (Å²) in [6.07, 6.45) is 2.00. The van der Waals surface area contributed by atoms with Gasteiger partial charge in [0.15, 0.2) is 0 Å². The molecule has 7 nitrogen and oxygen atoms in total. The van der Waals surface area contributed by atoms with Crippen LogP contribution in [0.5, 0.6) is 0 Å². The fraction of sp³-hybridized carbons (Fsp3) is 0.824. The molecule has 2 heterocycles. The number of esters is 1. The number of amides is 2. The van der Waals surface area contributed by atoms with Gasteiger partial charge in [0.05, 0.1) is 18.4 Å². The van der Waals surface area contributed by atoms with Gasteiger partial charge in [0, 0.05) is 19.1 Å². The molecule has 0 radical (unpaired) electrons. The highest BCUT2D eigenvalue weighted by molar-refractivity contribution is 5.85. The van der Waals surface area contributed by atoms with Crippen molar-refractivity contribution < 1.29 is 23.9 Å². The molecular weight excluding hydrogens is 312 g/mol. The molecule has 4 fully saturated rings. The normalized spacial score (nSPS) is 29.5. The minimum Gasteiger partial charge on any atom is -0.469 e. The van der Waals surface area contributed by atoms with Crippen LogP contribution in [0.2, 0.25) is 0 Å². The van der Waals surface area contributed by atoms with Crippen LogP contribution in [-0.4, -0.2) is 54.7 Å². The SMILES string of the molecule is COC(=O)C1(CNC(=O)[C@@H]2[C@H]3C[C@H]2N(C(=O)OC(C)(C)C)C3)CC1. The lowest BCUT2D eigenvalue weighted by Crippen LogP contribution is -2.51. The molecule has 134 valence electrons. The lowest BCUT2D eigenvalue weighted by Gasteiger charge is -2.35. The van der Waals surface area contributed by atoms with Crippen LogP contribution in [0.25, 0.3) is 0 Å². The predicted octanol–water partition coefficient (Wildman–Crippen LogP) is 1.31. The van der Waals surface area contributed by atoms with Gasteiger partial charge in [-0.2, -0.15) is 0 Å². The lowest BCUT2D eigenvalue weighted by atomic mass is 9.73. The number of ether oxygens (including phenoxy) is 2. The zero-order valence-corrected chi connectivity index (χ0v) is 14.8. The molecule has 7 heteroatoms. The molecule has 2 aliphatic carbocycles. The Morgan fingerprint density at radius 3 is 2.46 bits per heavy atom. The van der Waals surface area contributed by atoms with Gasteiger partial charge >= 0.3 is 12.1 Å². The van der Waals surface area contributed by atoms with Crippen molar-refractivity contribution in [1.29, 1.82) is 0 Å². The predicted molar refractivity (Wildman–Crippen MR) is 85.0 cm³/mol. The third-order valence-corrected chi connectivity index (χ3v) is 5.30. The smallest absolute Gasteiger partial charge is 0.410 e. The Labute approximate surface area is 142 Å². The summed E-state index contributed by atoms with van der Waals surface area (Å²) in [5.41, 5.74) is -1.07. The number of nitrogens with one attached hydrogen (secondary N) is 1. The molecular formula is C17H26N2O5. The number of rotatable bonds is 4. The number of carbonyl (C=O) groups excluding carboxylic acids is 3. The standard InChI is InChI=1S/C17H26N2O5/c1-16(2,3)24-15(22)19-8-10-7-11(19)12(10)13(20)18-9-17(5-6-17)14(21)23-4/h10-12H,5-9H2,1-4H3,(H,18,20)/t10-,11+,12+/m0/s1. The molecule has 0 spiro atoms. The van der Waals surface area contributed by atoms with Crippen LogP contribution in [0.4, 0.5) is 4.79 Å². The molecule has 24 heavy (non-hydrogen) atoms. The maximum atomic E-state index is 12.5. The van der Waals surface area contributed by atoms with Crippen molar-refractivity contribution in [2.75, 3.05) is 20.2 Å². The van der Waals surface area contributed by atoms with E-state index in [0.29, 0.717) is 13.1 Å². The van der Waals surface area contributed by atoms with Gasteiger partial charge in [-0.1, -0.05) is 0 Å². The van der Waals surface area contributed by atoms with E-state index in [1.165, 1.54) is 7.11 Å². The van der Waals surface area contributed by atoms with Crippen LogP contribution in [0, 0.1) is 17.3 Å². The van der Waals surface area contributed by atoms with E-state index >= 15 is 0 Å². The first-order valence-corrected chi connectivity index (χ1v) is 8.53. The van der Waals surface area contributed by atoms with Crippen molar-refractivity contribution in [3.8, 4) is 0 Å². The van der Waals surface area contributed by atoms with E-state index in [2.05, 4.69) is 5.32 Å². The quantitative estimate of drug-likeness (QED) is 0.781. The van der Waals surface area contributed by atoms with Crippen LogP contribution in [-0.2, 0) is 19.1 Å². The fourth-order valence-electron chi connectivity index (χ4n) is 3.73. The summed E-state index contributed by atoms with van der Waals surface area (Å²) < 4.78 is 10.2. The van der Waals surface area contributed by atoms with Gasteiger partial charge in [0.25, 0.3) is 0 Å². The molecule has 2 aliphatic heterocycles. The molecule has 0 unspecified atom stereocenters. The van der Waals surface area contributed by atoms with Crippen molar-refractivity contribution in [2.24, 2.45) is 17.3 Å². The van der Waals surface area contributed by atoms with Crippen molar-refractivity contribution in [1.82, 2.24) is 10.2 Å². The van der Waals surface area contributed by atoms with Gasteiger partial charge in [-0.25, -0.2) is 4.79 Å². The maximum Gasteiger partial charge on any atom is 0.410 e. The summed E-state index contributed by atoms with van der Waals surface area (Å²) in [5.74, 6) is -0.325. The highest BCUT2D eigenvalue weighted by Gasteiger charge is 2.58. The van der Waals surface area contributed by atoms with Gasteiger partial charge < -0.3 is 19.7 Å². The number of methoxy groups -OCH3 is 1. The Morgan fingerprint density at radius 2 is 1.92 bits per heavy atom. The zero-order chi connectivity index (χ0) is 17.7. The van der Waals surface area contributed by atoms with Crippen molar-refractivity contribution in [2.45, 2.75) is 51.7 Å². The molecule has 0 aromatic carbocycles. The first kappa shape index (κ1) is 17.0. The Hall–Kier alpha value is -1.79. The van der Waals surface area contributed by atoms with E-state index < -0.39 is 11.0 Å². The monoisotopic (exact) mass is 338 g/mol. The molecule has 2 amide bonds. The van der Waals surface area contributed by atoms with Crippen molar-refractivity contribution in [3.05, 3.63) is 0 Å². The molecule has 1 N–H and O–H groups in total. The molecule has 4 aliphatic rings. The number of carbonyl (C=O) groups is 3.